The van der Waals surface area contributed by atoms with Crippen molar-refractivity contribution in [3.05, 3.63) is 71.2 Å². The first kappa shape index (κ1) is 28.6. The Bertz CT molecular complexity index is 1140. The van der Waals surface area contributed by atoms with E-state index in [0.29, 0.717) is 18.7 Å². The van der Waals surface area contributed by atoms with Gasteiger partial charge in [-0.1, -0.05) is 45.2 Å². The van der Waals surface area contributed by atoms with E-state index in [1.54, 1.807) is 24.3 Å². The first-order valence-corrected chi connectivity index (χ1v) is 13.4. The number of rotatable bonds is 12. The molecule has 3 rings (SSSR count). The molecule has 0 aromatic heterocycles. The van der Waals surface area contributed by atoms with Crippen molar-refractivity contribution in [2.24, 2.45) is 10.2 Å². The standard InChI is InChI=1S/C30H37N5O3/c1-4-6-8-9-29(36)35-20-18-34(19-21-35)27-16-14-26(15-17-27)33-32-25-12-10-24(11-13-25)23-28(31-3)30(37)38-22-7-5-2/h10-17,23H,4-9,18-22H2,1-2H3. The first-order valence-electron chi connectivity index (χ1n) is 13.4. The third-order valence-electron chi connectivity index (χ3n) is 6.38. The molecule has 0 unspecified atom stereocenters. The van der Waals surface area contributed by atoms with Gasteiger partial charge >= 0.3 is 5.97 Å². The average molecular weight is 516 g/mol. The van der Waals surface area contributed by atoms with Crippen molar-refractivity contribution in [2.45, 2.75) is 52.4 Å². The smallest absolute Gasteiger partial charge is 0.336 e. The highest BCUT2D eigenvalue weighted by Crippen LogP contribution is 2.24. The van der Waals surface area contributed by atoms with E-state index in [4.69, 9.17) is 11.3 Å². The summed E-state index contributed by atoms with van der Waals surface area (Å²) < 4.78 is 5.12. The van der Waals surface area contributed by atoms with Crippen LogP contribution in [0.3, 0.4) is 0 Å². The molecule has 8 heteroatoms. The number of amides is 1. The van der Waals surface area contributed by atoms with E-state index in [1.807, 2.05) is 36.1 Å². The van der Waals surface area contributed by atoms with Gasteiger partial charge in [0.15, 0.2) is 0 Å². The maximum absolute atomic E-state index is 12.4. The van der Waals surface area contributed by atoms with Crippen molar-refractivity contribution in [2.75, 3.05) is 37.7 Å². The first-order chi connectivity index (χ1) is 18.5. The lowest BCUT2D eigenvalue weighted by Gasteiger charge is -2.36. The highest BCUT2D eigenvalue weighted by molar-refractivity contribution is 5.95. The number of nitrogens with zero attached hydrogens (tertiary/aromatic N) is 5. The van der Waals surface area contributed by atoms with Gasteiger partial charge in [0, 0.05) is 38.3 Å². The summed E-state index contributed by atoms with van der Waals surface area (Å²) in [5, 5.41) is 8.62. The van der Waals surface area contributed by atoms with Crippen molar-refractivity contribution >= 4 is 35.0 Å². The molecule has 0 atom stereocenters. The fraction of sp³-hybridized carbons (Fsp3) is 0.433. The highest BCUT2D eigenvalue weighted by Gasteiger charge is 2.20. The number of carbonyl (C=O) groups is 2. The van der Waals surface area contributed by atoms with Gasteiger partial charge in [-0.25, -0.2) is 4.85 Å². The predicted octanol–water partition coefficient (Wildman–Crippen LogP) is 6.93. The zero-order valence-electron chi connectivity index (χ0n) is 22.4. The van der Waals surface area contributed by atoms with Gasteiger partial charge in [0.1, 0.15) is 0 Å². The minimum Gasteiger partial charge on any atom is -0.471 e. The summed E-state index contributed by atoms with van der Waals surface area (Å²) in [6.45, 7) is 14.9. The zero-order valence-corrected chi connectivity index (χ0v) is 22.4. The summed E-state index contributed by atoms with van der Waals surface area (Å²) in [6, 6.07) is 15.1. The summed E-state index contributed by atoms with van der Waals surface area (Å²) in [5.41, 5.74) is 3.19. The van der Waals surface area contributed by atoms with Crippen LogP contribution in [0.4, 0.5) is 17.1 Å². The quantitative estimate of drug-likeness (QED) is 0.101. The Kier molecular flexibility index (Phi) is 11.5. The lowest BCUT2D eigenvalue weighted by molar-refractivity contribution is -0.138. The monoisotopic (exact) mass is 515 g/mol. The molecule has 38 heavy (non-hydrogen) atoms. The number of carbonyl (C=O) groups excluding carboxylic acids is 2. The van der Waals surface area contributed by atoms with Crippen LogP contribution in [-0.4, -0.2) is 49.6 Å². The second-order valence-corrected chi connectivity index (χ2v) is 9.26. The van der Waals surface area contributed by atoms with Crippen molar-refractivity contribution in [1.29, 1.82) is 0 Å². The van der Waals surface area contributed by atoms with E-state index in [-0.39, 0.29) is 11.6 Å². The SMILES string of the molecule is [C-]#[N+]C(=Cc1ccc(N=Nc2ccc(N3CCN(C(=O)CCCCC)CC3)cc2)cc1)C(=O)OCCCC. The minimum atomic E-state index is -0.599. The number of azo groups is 1. The Hall–Kier alpha value is -3.99. The topological polar surface area (TPSA) is 78.9 Å². The van der Waals surface area contributed by atoms with Crippen LogP contribution in [0.1, 0.15) is 57.9 Å². The van der Waals surface area contributed by atoms with E-state index in [9.17, 15) is 9.59 Å². The average Bonchev–Trinajstić information content (AvgIpc) is 2.96. The second-order valence-electron chi connectivity index (χ2n) is 9.26. The van der Waals surface area contributed by atoms with Crippen LogP contribution in [0.5, 0.6) is 0 Å². The Balaban J connectivity index is 1.51. The van der Waals surface area contributed by atoms with Gasteiger partial charge < -0.3 is 14.5 Å². The molecule has 2 aromatic rings. The predicted molar refractivity (Wildman–Crippen MR) is 150 cm³/mol. The summed E-state index contributed by atoms with van der Waals surface area (Å²) in [5.74, 6) is -0.326. The molecule has 0 radical (unpaired) electrons. The van der Waals surface area contributed by atoms with Gasteiger partial charge in [0.25, 0.3) is 5.70 Å². The van der Waals surface area contributed by atoms with Crippen LogP contribution in [0.25, 0.3) is 10.9 Å². The summed E-state index contributed by atoms with van der Waals surface area (Å²) >= 11 is 0. The molecule has 1 saturated heterocycles. The van der Waals surface area contributed by atoms with Crippen LogP contribution in [0, 0.1) is 6.57 Å². The molecule has 0 aliphatic carbocycles. The zero-order chi connectivity index (χ0) is 27.2. The molecule has 200 valence electrons. The van der Waals surface area contributed by atoms with Gasteiger partial charge in [-0.15, -0.1) is 0 Å². The van der Waals surface area contributed by atoms with Crippen molar-refractivity contribution in [3.63, 3.8) is 0 Å². The fourth-order valence-corrected chi connectivity index (χ4v) is 4.06. The van der Waals surface area contributed by atoms with Crippen molar-refractivity contribution < 1.29 is 14.3 Å². The molecule has 1 fully saturated rings. The Morgan fingerprint density at radius 3 is 2.08 bits per heavy atom. The normalized spacial score (nSPS) is 14.0. The number of piperazine rings is 1. The molecule has 0 bridgehead atoms. The number of hydrogen-bond donors (Lipinski definition) is 0. The van der Waals surface area contributed by atoms with E-state index in [2.05, 4.69) is 26.9 Å². The fourth-order valence-electron chi connectivity index (χ4n) is 4.06. The largest absolute Gasteiger partial charge is 0.471 e. The number of esters is 1. The highest BCUT2D eigenvalue weighted by atomic mass is 16.5. The van der Waals surface area contributed by atoms with Gasteiger partial charge in [0.2, 0.25) is 5.91 Å². The Morgan fingerprint density at radius 2 is 1.50 bits per heavy atom. The van der Waals surface area contributed by atoms with E-state index in [0.717, 1.165) is 75.2 Å². The number of ether oxygens (including phenoxy) is 1. The molecule has 0 spiro atoms. The van der Waals surface area contributed by atoms with E-state index >= 15 is 0 Å². The summed E-state index contributed by atoms with van der Waals surface area (Å²) in [6.07, 6.45) is 7.09. The summed E-state index contributed by atoms with van der Waals surface area (Å²) in [7, 11) is 0. The molecular formula is C30H37N5O3. The molecule has 2 aromatic carbocycles. The van der Waals surface area contributed by atoms with Gasteiger partial charge in [-0.05, 0) is 60.9 Å². The van der Waals surface area contributed by atoms with Crippen LogP contribution in [0.15, 0.2) is 64.5 Å². The second kappa shape index (κ2) is 15.3. The van der Waals surface area contributed by atoms with Crippen LogP contribution >= 0.6 is 0 Å². The third-order valence-corrected chi connectivity index (χ3v) is 6.38. The molecule has 0 saturated carbocycles. The number of anilines is 1. The third kappa shape index (κ3) is 8.84. The number of hydrogen-bond acceptors (Lipinski definition) is 6. The number of benzene rings is 2. The molecule has 1 aliphatic heterocycles. The lowest BCUT2D eigenvalue weighted by atomic mass is 10.1. The Labute approximate surface area is 225 Å². The minimum absolute atomic E-state index is 0.0458. The molecule has 1 amide bonds. The van der Waals surface area contributed by atoms with Crippen LogP contribution in [0.2, 0.25) is 0 Å². The molecular weight excluding hydrogens is 478 g/mol. The maximum atomic E-state index is 12.4. The maximum Gasteiger partial charge on any atom is 0.336 e. The lowest BCUT2D eigenvalue weighted by Crippen LogP contribution is -2.48. The van der Waals surface area contributed by atoms with Crippen molar-refractivity contribution in [3.8, 4) is 0 Å². The molecule has 1 heterocycles. The molecule has 1 aliphatic rings. The van der Waals surface area contributed by atoms with Crippen LogP contribution in [-0.2, 0) is 14.3 Å². The molecule has 0 N–H and O–H groups in total. The van der Waals surface area contributed by atoms with Gasteiger partial charge in [-0.3, -0.25) is 9.59 Å². The van der Waals surface area contributed by atoms with E-state index in [1.165, 1.54) is 6.08 Å². The van der Waals surface area contributed by atoms with Gasteiger partial charge in [-0.2, -0.15) is 10.2 Å². The van der Waals surface area contributed by atoms with Crippen molar-refractivity contribution in [1.82, 2.24) is 4.90 Å². The van der Waals surface area contributed by atoms with E-state index < -0.39 is 5.97 Å². The molecule has 8 nitrogen and oxygen atoms in total. The van der Waals surface area contributed by atoms with Gasteiger partial charge in [0.05, 0.1) is 24.6 Å². The summed E-state index contributed by atoms with van der Waals surface area (Å²) in [4.78, 5) is 32.0. The Morgan fingerprint density at radius 1 is 0.895 bits per heavy atom. The van der Waals surface area contributed by atoms with Crippen LogP contribution < -0.4 is 4.90 Å². The number of unbranched alkanes of at least 4 members (excludes halogenated alkanes) is 3.